The Morgan fingerprint density at radius 1 is 0.967 bits per heavy atom. The molecule has 0 aliphatic heterocycles. The molecule has 0 spiro atoms. The Labute approximate surface area is 174 Å². The predicted molar refractivity (Wildman–Crippen MR) is 117 cm³/mol. The van der Waals surface area contributed by atoms with E-state index in [2.05, 4.69) is 10.3 Å². The number of anilines is 1. The van der Waals surface area contributed by atoms with Crippen LogP contribution in [0.4, 0.5) is 5.82 Å². The van der Waals surface area contributed by atoms with Crippen molar-refractivity contribution in [2.75, 3.05) is 19.5 Å². The molecule has 2 aromatic carbocycles. The molecular weight excluding hydrogens is 378 g/mol. The topological polar surface area (TPSA) is 73.3 Å². The van der Waals surface area contributed by atoms with E-state index >= 15 is 0 Å². The van der Waals surface area contributed by atoms with Crippen LogP contribution in [-0.2, 0) is 0 Å². The van der Waals surface area contributed by atoms with Crippen molar-refractivity contribution in [3.8, 4) is 22.8 Å². The standard InChI is InChI=1S/C24H21N3O3/c1-15-10-11-25-23(12-15)27-24(28)19-14-21(26-20-7-5-4-6-17(19)20)18-9-8-16(29-2)13-22(18)30-3/h4-14H,1-3H3,(H,25,27,28). The van der Waals surface area contributed by atoms with Gasteiger partial charge in [0, 0.05) is 23.2 Å². The second kappa shape index (κ2) is 8.21. The van der Waals surface area contributed by atoms with Crippen molar-refractivity contribution >= 4 is 22.6 Å². The Hall–Kier alpha value is -3.93. The number of carbonyl (C=O) groups is 1. The van der Waals surface area contributed by atoms with E-state index < -0.39 is 0 Å². The van der Waals surface area contributed by atoms with Gasteiger partial charge in [-0.2, -0.15) is 0 Å². The molecule has 0 radical (unpaired) electrons. The van der Waals surface area contributed by atoms with E-state index in [1.54, 1.807) is 32.5 Å². The van der Waals surface area contributed by atoms with E-state index in [0.717, 1.165) is 22.0 Å². The highest BCUT2D eigenvalue weighted by Crippen LogP contribution is 2.34. The van der Waals surface area contributed by atoms with Crippen LogP contribution in [0.5, 0.6) is 11.5 Å². The van der Waals surface area contributed by atoms with Crippen LogP contribution < -0.4 is 14.8 Å². The van der Waals surface area contributed by atoms with Gasteiger partial charge >= 0.3 is 0 Å². The van der Waals surface area contributed by atoms with Crippen molar-refractivity contribution in [3.05, 3.63) is 78.0 Å². The summed E-state index contributed by atoms with van der Waals surface area (Å²) < 4.78 is 10.8. The van der Waals surface area contributed by atoms with Crippen LogP contribution in [0.3, 0.4) is 0 Å². The number of aromatic nitrogens is 2. The van der Waals surface area contributed by atoms with Crippen molar-refractivity contribution in [3.63, 3.8) is 0 Å². The van der Waals surface area contributed by atoms with Crippen LogP contribution in [-0.4, -0.2) is 30.1 Å². The van der Waals surface area contributed by atoms with Gasteiger partial charge in [0.2, 0.25) is 0 Å². The summed E-state index contributed by atoms with van der Waals surface area (Å²) >= 11 is 0. The minimum Gasteiger partial charge on any atom is -0.497 e. The smallest absolute Gasteiger partial charge is 0.257 e. The molecule has 0 saturated heterocycles. The Kier molecular flexibility index (Phi) is 5.30. The SMILES string of the molecule is COc1ccc(-c2cc(C(=O)Nc3cc(C)ccn3)c3ccccc3n2)c(OC)c1. The number of benzene rings is 2. The van der Waals surface area contributed by atoms with Gasteiger partial charge in [-0.05, 0) is 48.9 Å². The molecule has 0 aliphatic carbocycles. The van der Waals surface area contributed by atoms with Gasteiger partial charge in [0.1, 0.15) is 17.3 Å². The van der Waals surface area contributed by atoms with E-state index in [1.165, 1.54) is 0 Å². The Bertz CT molecular complexity index is 1240. The van der Waals surface area contributed by atoms with E-state index in [9.17, 15) is 4.79 Å². The largest absolute Gasteiger partial charge is 0.497 e. The number of carbonyl (C=O) groups excluding carboxylic acids is 1. The molecule has 0 aliphatic rings. The quantitative estimate of drug-likeness (QED) is 0.518. The maximum Gasteiger partial charge on any atom is 0.257 e. The van der Waals surface area contributed by atoms with Crippen molar-refractivity contribution in [2.24, 2.45) is 0 Å². The van der Waals surface area contributed by atoms with Crippen LogP contribution in [0.2, 0.25) is 0 Å². The number of para-hydroxylation sites is 1. The highest BCUT2D eigenvalue weighted by molar-refractivity contribution is 6.12. The molecule has 30 heavy (non-hydrogen) atoms. The number of pyridine rings is 2. The number of aryl methyl sites for hydroxylation is 1. The lowest BCUT2D eigenvalue weighted by atomic mass is 10.0. The molecule has 0 unspecified atom stereocenters. The molecule has 0 atom stereocenters. The summed E-state index contributed by atoms with van der Waals surface area (Å²) in [6.45, 7) is 1.95. The number of fused-ring (bicyclic) bond motifs is 1. The minimum atomic E-state index is -0.250. The summed E-state index contributed by atoms with van der Waals surface area (Å²) in [4.78, 5) is 22.1. The zero-order valence-corrected chi connectivity index (χ0v) is 17.0. The molecule has 2 heterocycles. The first-order chi connectivity index (χ1) is 14.6. The summed E-state index contributed by atoms with van der Waals surface area (Å²) in [7, 11) is 3.20. The van der Waals surface area contributed by atoms with Gasteiger partial charge in [0.25, 0.3) is 5.91 Å². The number of rotatable bonds is 5. The first kappa shape index (κ1) is 19.4. The molecule has 0 bridgehead atoms. The van der Waals surface area contributed by atoms with E-state index in [1.807, 2.05) is 55.5 Å². The van der Waals surface area contributed by atoms with Gasteiger partial charge in [0.15, 0.2) is 0 Å². The lowest BCUT2D eigenvalue weighted by Gasteiger charge is -2.13. The van der Waals surface area contributed by atoms with Gasteiger partial charge in [-0.25, -0.2) is 9.97 Å². The van der Waals surface area contributed by atoms with Gasteiger partial charge in [-0.1, -0.05) is 18.2 Å². The van der Waals surface area contributed by atoms with E-state index in [4.69, 9.17) is 14.5 Å². The van der Waals surface area contributed by atoms with E-state index in [-0.39, 0.29) is 5.91 Å². The molecule has 4 rings (SSSR count). The van der Waals surface area contributed by atoms with E-state index in [0.29, 0.717) is 28.6 Å². The summed E-state index contributed by atoms with van der Waals surface area (Å²) in [6, 6.07) is 18.5. The maximum absolute atomic E-state index is 13.1. The molecule has 2 aromatic heterocycles. The third-order valence-corrected chi connectivity index (χ3v) is 4.80. The number of ether oxygens (including phenoxy) is 2. The average Bonchev–Trinajstić information content (AvgIpc) is 2.77. The summed E-state index contributed by atoms with van der Waals surface area (Å²) in [5.41, 5.74) is 3.65. The highest BCUT2D eigenvalue weighted by atomic mass is 16.5. The predicted octanol–water partition coefficient (Wildman–Crippen LogP) is 4.87. The zero-order valence-electron chi connectivity index (χ0n) is 17.0. The van der Waals surface area contributed by atoms with Crippen LogP contribution in [0.25, 0.3) is 22.2 Å². The fourth-order valence-corrected chi connectivity index (χ4v) is 3.30. The molecule has 1 N–H and O–H groups in total. The van der Waals surface area contributed by atoms with Crippen molar-refractivity contribution in [1.82, 2.24) is 9.97 Å². The number of hydrogen-bond acceptors (Lipinski definition) is 5. The van der Waals surface area contributed by atoms with Crippen LogP contribution >= 0.6 is 0 Å². The number of nitrogens with one attached hydrogen (secondary N) is 1. The first-order valence-electron chi connectivity index (χ1n) is 9.45. The summed E-state index contributed by atoms with van der Waals surface area (Å²) in [5, 5.41) is 3.65. The maximum atomic E-state index is 13.1. The molecule has 4 aromatic rings. The van der Waals surface area contributed by atoms with Gasteiger partial charge in [-0.3, -0.25) is 4.79 Å². The first-order valence-corrected chi connectivity index (χ1v) is 9.45. The lowest BCUT2D eigenvalue weighted by Crippen LogP contribution is -2.14. The molecular formula is C24H21N3O3. The molecule has 0 fully saturated rings. The minimum absolute atomic E-state index is 0.250. The lowest BCUT2D eigenvalue weighted by molar-refractivity contribution is 0.102. The Morgan fingerprint density at radius 2 is 1.80 bits per heavy atom. The molecule has 6 nitrogen and oxygen atoms in total. The van der Waals surface area contributed by atoms with Gasteiger partial charge < -0.3 is 14.8 Å². The number of nitrogens with zero attached hydrogens (tertiary/aromatic N) is 2. The van der Waals surface area contributed by atoms with Crippen molar-refractivity contribution in [1.29, 1.82) is 0 Å². The summed E-state index contributed by atoms with van der Waals surface area (Å²) in [5.74, 6) is 1.55. The normalized spacial score (nSPS) is 10.6. The number of hydrogen-bond donors (Lipinski definition) is 1. The van der Waals surface area contributed by atoms with Crippen LogP contribution in [0.1, 0.15) is 15.9 Å². The summed E-state index contributed by atoms with van der Waals surface area (Å²) in [6.07, 6.45) is 1.67. The van der Waals surface area contributed by atoms with Gasteiger partial charge in [-0.15, -0.1) is 0 Å². The third-order valence-electron chi connectivity index (χ3n) is 4.80. The number of methoxy groups -OCH3 is 2. The van der Waals surface area contributed by atoms with Crippen molar-refractivity contribution in [2.45, 2.75) is 6.92 Å². The molecule has 0 saturated carbocycles. The third kappa shape index (κ3) is 3.80. The van der Waals surface area contributed by atoms with Crippen LogP contribution in [0, 0.1) is 6.92 Å². The molecule has 6 heteroatoms. The average molecular weight is 399 g/mol. The van der Waals surface area contributed by atoms with Crippen molar-refractivity contribution < 1.29 is 14.3 Å². The Morgan fingerprint density at radius 3 is 2.57 bits per heavy atom. The van der Waals surface area contributed by atoms with Gasteiger partial charge in [0.05, 0.1) is 31.0 Å². The monoisotopic (exact) mass is 399 g/mol. The Balaban J connectivity index is 1.83. The fourth-order valence-electron chi connectivity index (χ4n) is 3.30. The second-order valence-electron chi connectivity index (χ2n) is 6.81. The second-order valence-corrected chi connectivity index (χ2v) is 6.81. The highest BCUT2D eigenvalue weighted by Gasteiger charge is 2.17. The molecule has 1 amide bonds. The van der Waals surface area contributed by atoms with Crippen LogP contribution in [0.15, 0.2) is 66.9 Å². The fraction of sp³-hybridized carbons (Fsp3) is 0.125. The number of amides is 1. The molecule has 150 valence electrons. The zero-order chi connectivity index (χ0) is 21.1.